The number of nitrogens with zero attached hydrogens (tertiary/aromatic N) is 6. The second kappa shape index (κ2) is 8.10. The minimum atomic E-state index is 0.687. The van der Waals surface area contributed by atoms with Crippen molar-refractivity contribution < 1.29 is 0 Å². The van der Waals surface area contributed by atoms with Crippen LogP contribution in [-0.2, 0) is 0 Å². The van der Waals surface area contributed by atoms with Gasteiger partial charge in [0, 0.05) is 31.5 Å². The summed E-state index contributed by atoms with van der Waals surface area (Å²) in [5.74, 6) is 2.15. The molecule has 8 heteroatoms. The molecule has 0 radical (unpaired) electrons. The molecule has 0 aliphatic heterocycles. The molecule has 0 aliphatic carbocycles. The lowest BCUT2D eigenvalue weighted by Crippen LogP contribution is -2.32. The molecule has 0 saturated carbocycles. The monoisotopic (exact) mass is 376 g/mol. The van der Waals surface area contributed by atoms with Gasteiger partial charge in [-0.3, -0.25) is 0 Å². The standard InChI is InChI=1S/C20H24N8/c1-3-26(13-11-21-2)20-24-19(17-10-7-12-28(17)25-20)23-18-14-27(15-22-18)16-8-5-4-6-9-16/h4-10,12,14-15,21H,3,11,13H2,1-2H3,(H,23,24,25). The average molecular weight is 376 g/mol. The number of benzene rings is 1. The average Bonchev–Trinajstić information content (AvgIpc) is 3.39. The van der Waals surface area contributed by atoms with Crippen LogP contribution in [0.3, 0.4) is 0 Å². The van der Waals surface area contributed by atoms with Crippen LogP contribution >= 0.6 is 0 Å². The van der Waals surface area contributed by atoms with Crippen LogP contribution in [0, 0.1) is 0 Å². The number of aromatic nitrogens is 5. The fraction of sp³-hybridized carbons (Fsp3) is 0.250. The Kier molecular flexibility index (Phi) is 5.20. The van der Waals surface area contributed by atoms with Crippen molar-refractivity contribution in [3.8, 4) is 5.69 Å². The molecule has 1 aromatic carbocycles. The summed E-state index contributed by atoms with van der Waals surface area (Å²) in [7, 11) is 1.94. The lowest BCUT2D eigenvalue weighted by atomic mass is 10.3. The molecule has 0 bridgehead atoms. The number of imidazole rings is 1. The van der Waals surface area contributed by atoms with E-state index in [2.05, 4.69) is 32.5 Å². The predicted octanol–water partition coefficient (Wildman–Crippen LogP) is 2.70. The third kappa shape index (κ3) is 3.67. The minimum Gasteiger partial charge on any atom is -0.339 e. The molecular weight excluding hydrogens is 352 g/mol. The van der Waals surface area contributed by atoms with Gasteiger partial charge in [0.25, 0.3) is 0 Å². The summed E-state index contributed by atoms with van der Waals surface area (Å²) in [5.41, 5.74) is 1.96. The maximum Gasteiger partial charge on any atom is 0.245 e. The highest BCUT2D eigenvalue weighted by Gasteiger charge is 2.13. The van der Waals surface area contributed by atoms with E-state index in [4.69, 9.17) is 4.98 Å². The van der Waals surface area contributed by atoms with E-state index in [1.807, 2.05) is 71.0 Å². The van der Waals surface area contributed by atoms with Crippen molar-refractivity contribution in [2.45, 2.75) is 6.92 Å². The van der Waals surface area contributed by atoms with Crippen molar-refractivity contribution in [1.82, 2.24) is 29.5 Å². The van der Waals surface area contributed by atoms with Crippen molar-refractivity contribution in [1.29, 1.82) is 0 Å². The van der Waals surface area contributed by atoms with Crippen LogP contribution in [-0.4, -0.2) is 50.8 Å². The van der Waals surface area contributed by atoms with Gasteiger partial charge in [0.15, 0.2) is 5.82 Å². The van der Waals surface area contributed by atoms with Crippen LogP contribution in [0.2, 0.25) is 0 Å². The second-order valence-corrected chi connectivity index (χ2v) is 6.41. The quantitative estimate of drug-likeness (QED) is 0.492. The van der Waals surface area contributed by atoms with Gasteiger partial charge in [-0.1, -0.05) is 18.2 Å². The van der Waals surface area contributed by atoms with E-state index < -0.39 is 0 Å². The Morgan fingerprint density at radius 3 is 2.75 bits per heavy atom. The minimum absolute atomic E-state index is 0.687. The Hall–Kier alpha value is -3.39. The van der Waals surface area contributed by atoms with Gasteiger partial charge in [0.2, 0.25) is 5.95 Å². The Balaban J connectivity index is 1.65. The van der Waals surface area contributed by atoms with Crippen molar-refractivity contribution >= 4 is 23.1 Å². The summed E-state index contributed by atoms with van der Waals surface area (Å²) in [6.07, 6.45) is 5.68. The van der Waals surface area contributed by atoms with Gasteiger partial charge >= 0.3 is 0 Å². The molecule has 4 rings (SSSR count). The number of likely N-dealkylation sites (N-methyl/N-ethyl adjacent to an activating group) is 2. The van der Waals surface area contributed by atoms with Gasteiger partial charge in [0.05, 0.1) is 6.20 Å². The van der Waals surface area contributed by atoms with Gasteiger partial charge in [-0.05, 0) is 38.2 Å². The van der Waals surface area contributed by atoms with Crippen LogP contribution in [0.5, 0.6) is 0 Å². The summed E-state index contributed by atoms with van der Waals surface area (Å²) in [5, 5.41) is 11.2. The Morgan fingerprint density at radius 1 is 1.11 bits per heavy atom. The maximum atomic E-state index is 4.78. The summed E-state index contributed by atoms with van der Waals surface area (Å²) in [6, 6.07) is 14.1. The number of rotatable bonds is 8. The van der Waals surface area contributed by atoms with Gasteiger partial charge in [0.1, 0.15) is 17.7 Å². The molecule has 0 spiro atoms. The molecule has 28 heavy (non-hydrogen) atoms. The van der Waals surface area contributed by atoms with E-state index in [9.17, 15) is 0 Å². The lowest BCUT2D eigenvalue weighted by molar-refractivity contribution is 0.707. The third-order valence-corrected chi connectivity index (χ3v) is 4.56. The largest absolute Gasteiger partial charge is 0.339 e. The van der Waals surface area contributed by atoms with E-state index in [1.54, 1.807) is 6.33 Å². The molecule has 8 nitrogen and oxygen atoms in total. The molecule has 2 N–H and O–H groups in total. The number of nitrogens with one attached hydrogen (secondary N) is 2. The highest BCUT2D eigenvalue weighted by atomic mass is 15.4. The summed E-state index contributed by atoms with van der Waals surface area (Å²) in [6.45, 7) is 4.64. The Bertz CT molecular complexity index is 1040. The van der Waals surface area contributed by atoms with Crippen LogP contribution < -0.4 is 15.5 Å². The van der Waals surface area contributed by atoms with Crippen LogP contribution in [0.1, 0.15) is 6.92 Å². The molecule has 0 fully saturated rings. The van der Waals surface area contributed by atoms with Crippen molar-refractivity contribution in [3.05, 3.63) is 61.2 Å². The first-order valence-electron chi connectivity index (χ1n) is 9.40. The Labute approximate surface area is 163 Å². The molecule has 4 aromatic rings. The van der Waals surface area contributed by atoms with Gasteiger partial charge in [-0.25, -0.2) is 9.50 Å². The van der Waals surface area contributed by atoms with Crippen LogP contribution in [0.15, 0.2) is 61.2 Å². The van der Waals surface area contributed by atoms with E-state index >= 15 is 0 Å². The molecule has 3 aromatic heterocycles. The zero-order chi connectivity index (χ0) is 19.3. The van der Waals surface area contributed by atoms with Crippen LogP contribution in [0.25, 0.3) is 11.2 Å². The van der Waals surface area contributed by atoms with E-state index in [0.717, 1.165) is 42.5 Å². The molecule has 0 unspecified atom stereocenters. The number of hydrogen-bond donors (Lipinski definition) is 2. The SMILES string of the molecule is CCN(CCNC)c1nc(Nc2cn(-c3ccccc3)cn2)c2cccn2n1. The first-order chi connectivity index (χ1) is 13.8. The molecular formula is C20H24N8. The second-order valence-electron chi connectivity index (χ2n) is 6.41. The maximum absolute atomic E-state index is 4.78. The fourth-order valence-electron chi connectivity index (χ4n) is 3.05. The highest BCUT2D eigenvalue weighted by Crippen LogP contribution is 2.22. The lowest BCUT2D eigenvalue weighted by Gasteiger charge is -2.21. The summed E-state index contributed by atoms with van der Waals surface area (Å²) >= 11 is 0. The molecule has 144 valence electrons. The van der Waals surface area contributed by atoms with E-state index in [1.165, 1.54) is 0 Å². The van der Waals surface area contributed by atoms with Crippen molar-refractivity contribution in [2.24, 2.45) is 0 Å². The highest BCUT2D eigenvalue weighted by molar-refractivity contribution is 5.73. The zero-order valence-electron chi connectivity index (χ0n) is 16.1. The third-order valence-electron chi connectivity index (χ3n) is 4.56. The van der Waals surface area contributed by atoms with Gasteiger partial charge in [-0.15, -0.1) is 5.10 Å². The van der Waals surface area contributed by atoms with Gasteiger partial charge < -0.3 is 20.1 Å². The molecule has 3 heterocycles. The van der Waals surface area contributed by atoms with E-state index in [0.29, 0.717) is 5.95 Å². The number of fused-ring (bicyclic) bond motifs is 1. The Morgan fingerprint density at radius 2 is 1.96 bits per heavy atom. The number of hydrogen-bond acceptors (Lipinski definition) is 6. The smallest absolute Gasteiger partial charge is 0.245 e. The molecule has 0 atom stereocenters. The van der Waals surface area contributed by atoms with Crippen molar-refractivity contribution in [3.63, 3.8) is 0 Å². The number of anilines is 3. The fourth-order valence-corrected chi connectivity index (χ4v) is 3.05. The van der Waals surface area contributed by atoms with Crippen molar-refractivity contribution in [2.75, 3.05) is 36.9 Å². The van der Waals surface area contributed by atoms with Gasteiger partial charge in [-0.2, -0.15) is 4.98 Å². The van der Waals surface area contributed by atoms with Crippen LogP contribution in [0.4, 0.5) is 17.6 Å². The molecule has 0 aliphatic rings. The number of para-hydroxylation sites is 1. The normalized spacial score (nSPS) is 11.1. The molecule has 0 amide bonds. The predicted molar refractivity (Wildman–Crippen MR) is 112 cm³/mol. The first kappa shape index (κ1) is 18.0. The summed E-state index contributed by atoms with van der Waals surface area (Å²) in [4.78, 5) is 11.4. The van der Waals surface area contributed by atoms with E-state index in [-0.39, 0.29) is 0 Å². The molecule has 0 saturated heterocycles. The first-order valence-corrected chi connectivity index (χ1v) is 9.40. The summed E-state index contributed by atoms with van der Waals surface area (Å²) < 4.78 is 3.83. The topological polar surface area (TPSA) is 75.3 Å². The zero-order valence-corrected chi connectivity index (χ0v) is 16.1.